The van der Waals surface area contributed by atoms with Crippen molar-refractivity contribution in [2.75, 3.05) is 0 Å². The van der Waals surface area contributed by atoms with Crippen molar-refractivity contribution in [2.24, 2.45) is 0 Å². The molecule has 0 saturated heterocycles. The minimum absolute atomic E-state index is 0.254. The number of rotatable bonds is 4. The summed E-state index contributed by atoms with van der Waals surface area (Å²) in [5, 5.41) is 0.615. The molecule has 0 bridgehead atoms. The van der Waals surface area contributed by atoms with Crippen molar-refractivity contribution < 1.29 is 8.42 Å². The lowest BCUT2D eigenvalue weighted by atomic mass is 10.0. The fraction of sp³-hybridized carbons (Fsp3) is 0.105. The highest BCUT2D eigenvalue weighted by Crippen LogP contribution is 2.32. The third-order valence-corrected chi connectivity index (χ3v) is 5.94. The number of hydrogen-bond acceptors (Lipinski definition) is 2. The minimum Gasteiger partial charge on any atom is -0.245 e. The largest absolute Gasteiger partial charge is 0.267 e. The van der Waals surface area contributed by atoms with E-state index < -0.39 is 10.0 Å². The topological polar surface area (TPSA) is 39.1 Å². The number of nitrogens with zero attached hydrogens (tertiary/aromatic N) is 1. The fourth-order valence-electron chi connectivity index (χ4n) is 2.75. The van der Waals surface area contributed by atoms with Crippen LogP contribution >= 0.6 is 11.6 Å². The summed E-state index contributed by atoms with van der Waals surface area (Å²) >= 11 is 6.11. The second-order valence-electron chi connectivity index (χ2n) is 5.50. The molecule has 5 heteroatoms. The third kappa shape index (κ3) is 2.87. The summed E-state index contributed by atoms with van der Waals surface area (Å²) in [4.78, 5) is 0.254. The highest BCUT2D eigenvalue weighted by molar-refractivity contribution is 7.90. The molecule has 0 aliphatic rings. The summed E-state index contributed by atoms with van der Waals surface area (Å²) in [6, 6.07) is 15.8. The molecule has 24 heavy (non-hydrogen) atoms. The molecule has 3 rings (SSSR count). The molecule has 0 aliphatic heterocycles. The molecule has 0 fully saturated rings. The van der Waals surface area contributed by atoms with E-state index in [1.54, 1.807) is 42.6 Å². The van der Waals surface area contributed by atoms with Crippen molar-refractivity contribution in [1.82, 2.24) is 3.97 Å². The average molecular weight is 359 g/mol. The van der Waals surface area contributed by atoms with Gasteiger partial charge in [-0.2, -0.15) is 0 Å². The van der Waals surface area contributed by atoms with Gasteiger partial charge >= 0.3 is 0 Å². The van der Waals surface area contributed by atoms with Gasteiger partial charge in [0.1, 0.15) is 0 Å². The smallest absolute Gasteiger partial charge is 0.245 e. The maximum Gasteiger partial charge on any atom is 0.267 e. The Kier molecular flexibility index (Phi) is 4.52. The maximum absolute atomic E-state index is 12.9. The van der Waals surface area contributed by atoms with Crippen LogP contribution in [0.3, 0.4) is 0 Å². The van der Waals surface area contributed by atoms with Crippen molar-refractivity contribution in [3.05, 3.63) is 84.0 Å². The molecule has 0 amide bonds. The van der Waals surface area contributed by atoms with E-state index in [1.807, 2.05) is 25.1 Å². The lowest BCUT2D eigenvalue weighted by Gasteiger charge is -2.12. The highest BCUT2D eigenvalue weighted by Gasteiger charge is 2.22. The first-order valence-electron chi connectivity index (χ1n) is 7.52. The summed E-state index contributed by atoms with van der Waals surface area (Å²) in [6.07, 6.45) is 1.93. The molecule has 2 aromatic carbocycles. The Morgan fingerprint density at radius 3 is 2.42 bits per heavy atom. The molecule has 0 atom stereocenters. The minimum atomic E-state index is -3.65. The molecule has 1 heterocycles. The molecule has 123 valence electrons. The molecule has 0 N–H and O–H groups in total. The van der Waals surface area contributed by atoms with Crippen molar-refractivity contribution in [1.29, 1.82) is 0 Å². The summed E-state index contributed by atoms with van der Waals surface area (Å²) in [6.45, 7) is 5.89. The number of benzene rings is 2. The molecule has 0 saturated carbocycles. The number of aromatic nitrogens is 1. The van der Waals surface area contributed by atoms with Crippen LogP contribution in [0.2, 0.25) is 5.02 Å². The zero-order valence-electron chi connectivity index (χ0n) is 13.2. The van der Waals surface area contributed by atoms with Crippen molar-refractivity contribution in [3.8, 4) is 11.1 Å². The Morgan fingerprint density at radius 2 is 1.75 bits per heavy atom. The van der Waals surface area contributed by atoms with E-state index >= 15 is 0 Å². The summed E-state index contributed by atoms with van der Waals surface area (Å²) in [5.74, 6) is 0. The Morgan fingerprint density at radius 1 is 1.04 bits per heavy atom. The normalized spacial score (nSPS) is 11.6. The van der Waals surface area contributed by atoms with Gasteiger partial charge in [0.05, 0.1) is 4.90 Å². The second kappa shape index (κ2) is 6.46. The van der Waals surface area contributed by atoms with E-state index in [4.69, 9.17) is 11.6 Å². The van der Waals surface area contributed by atoms with Crippen LogP contribution in [0, 0.1) is 13.8 Å². The first-order valence-corrected chi connectivity index (χ1v) is 9.33. The molecule has 3 aromatic rings. The van der Waals surface area contributed by atoms with Gasteiger partial charge in [0, 0.05) is 22.5 Å². The van der Waals surface area contributed by atoms with Crippen LogP contribution in [0.15, 0.2) is 65.7 Å². The molecule has 3 nitrogen and oxygen atoms in total. The van der Waals surface area contributed by atoms with Crippen LogP contribution in [-0.4, -0.2) is 12.4 Å². The van der Waals surface area contributed by atoms with Gasteiger partial charge in [-0.05, 0) is 61.7 Å². The predicted molar refractivity (Wildman–Crippen MR) is 97.7 cm³/mol. The number of halogens is 1. The summed E-state index contributed by atoms with van der Waals surface area (Å²) in [7, 11) is -3.65. The number of hydrogen-bond donors (Lipinski definition) is 0. The van der Waals surface area contributed by atoms with Crippen molar-refractivity contribution >= 4 is 21.6 Å². The highest BCUT2D eigenvalue weighted by atomic mass is 35.5. The van der Waals surface area contributed by atoms with E-state index in [9.17, 15) is 8.42 Å². The van der Waals surface area contributed by atoms with Crippen LogP contribution in [0.4, 0.5) is 0 Å². The van der Waals surface area contributed by atoms with Crippen molar-refractivity contribution in [2.45, 2.75) is 18.2 Å². The number of aryl methyl sites for hydroxylation is 1. The lowest BCUT2D eigenvalue weighted by Crippen LogP contribution is -2.14. The van der Waals surface area contributed by atoms with Crippen LogP contribution < -0.4 is 0 Å². The average Bonchev–Trinajstić information content (AvgIpc) is 3.02. The fourth-order valence-corrected chi connectivity index (χ4v) is 4.35. The van der Waals surface area contributed by atoms with E-state index in [1.165, 1.54) is 3.97 Å². The van der Waals surface area contributed by atoms with E-state index in [-0.39, 0.29) is 4.90 Å². The van der Waals surface area contributed by atoms with Crippen LogP contribution in [0.25, 0.3) is 11.1 Å². The second-order valence-corrected chi connectivity index (χ2v) is 7.75. The molecule has 0 aliphatic carbocycles. The van der Waals surface area contributed by atoms with Crippen LogP contribution in [0.1, 0.15) is 11.3 Å². The quantitative estimate of drug-likeness (QED) is 0.676. The third-order valence-electron chi connectivity index (χ3n) is 3.98. The summed E-state index contributed by atoms with van der Waals surface area (Å²) in [5.41, 5.74) is 3.43. The molecule has 0 unspecified atom stereocenters. The Bertz CT molecular complexity index is 976. The van der Waals surface area contributed by atoms with Gasteiger partial charge < -0.3 is 0 Å². The van der Waals surface area contributed by atoms with E-state index in [0.29, 0.717) is 17.1 Å². The first kappa shape index (κ1) is 16.8. The maximum atomic E-state index is 12.9. The summed E-state index contributed by atoms with van der Waals surface area (Å²) < 4.78 is 27.1. The zero-order valence-corrected chi connectivity index (χ0v) is 14.8. The molecule has 0 spiro atoms. The molecule has 1 aromatic heterocycles. The van der Waals surface area contributed by atoms with Gasteiger partial charge in [-0.1, -0.05) is 35.9 Å². The van der Waals surface area contributed by atoms with Gasteiger partial charge in [-0.15, -0.1) is 0 Å². The van der Waals surface area contributed by atoms with E-state index in [0.717, 1.165) is 16.7 Å². The molecular formula is C19H17ClNO2S. The predicted octanol–water partition coefficient (Wildman–Crippen LogP) is 4.73. The van der Waals surface area contributed by atoms with Crippen LogP contribution in [0.5, 0.6) is 0 Å². The first-order chi connectivity index (χ1) is 11.4. The molecular weight excluding hydrogens is 342 g/mol. The standard InChI is InChI=1S/C19H17ClNO2S/c1-3-19-17(18-13-15(20)10-9-14(18)2)11-12-21(19)24(22,23)16-7-5-4-6-8-16/h4-13H,1,3H2,2H3. The Hall–Kier alpha value is -2.04. The van der Waals surface area contributed by atoms with Gasteiger partial charge in [0.15, 0.2) is 0 Å². The monoisotopic (exact) mass is 358 g/mol. The zero-order chi connectivity index (χ0) is 17.3. The SMILES string of the molecule is [CH2]Cc1c(-c2cc(Cl)ccc2C)ccn1S(=O)(=O)c1ccccc1. The van der Waals surface area contributed by atoms with E-state index in [2.05, 4.69) is 6.92 Å². The van der Waals surface area contributed by atoms with Crippen LogP contribution in [-0.2, 0) is 16.4 Å². The lowest BCUT2D eigenvalue weighted by molar-refractivity contribution is 0.586. The van der Waals surface area contributed by atoms with Crippen molar-refractivity contribution in [3.63, 3.8) is 0 Å². The molecule has 1 radical (unpaired) electrons. The van der Waals surface area contributed by atoms with Gasteiger partial charge in [-0.25, -0.2) is 12.4 Å². The van der Waals surface area contributed by atoms with Gasteiger partial charge in [0.2, 0.25) is 0 Å². The Labute approximate surface area is 147 Å². The van der Waals surface area contributed by atoms with Gasteiger partial charge in [0.25, 0.3) is 10.0 Å². The Balaban J connectivity index is 2.20. The van der Waals surface area contributed by atoms with Gasteiger partial charge in [-0.3, -0.25) is 0 Å².